The summed E-state index contributed by atoms with van der Waals surface area (Å²) < 4.78 is 0. The smallest absolute Gasteiger partial charge is 0.106 e. The van der Waals surface area contributed by atoms with Crippen LogP contribution in [0.1, 0.15) is 13.8 Å². The molecular weight excluding hydrogens is 58.9 g/mol. The lowest BCUT2D eigenvalue weighted by molar-refractivity contribution is 1.59. The van der Waals surface area contributed by atoms with Gasteiger partial charge in [-0.1, -0.05) is 13.0 Å². The third kappa shape index (κ3) is 3.80. The SMILES string of the molecule is [B]/C(C)=C\C. The quantitative estimate of drug-likeness (QED) is 0.371. The van der Waals surface area contributed by atoms with E-state index in [0.717, 1.165) is 5.47 Å². The Kier molecular flexibility index (Phi) is 1.99. The molecule has 0 aromatic heterocycles. The molecule has 0 unspecified atom stereocenters. The van der Waals surface area contributed by atoms with Crippen LogP contribution >= 0.6 is 0 Å². The molecule has 0 aliphatic heterocycles. The van der Waals surface area contributed by atoms with Gasteiger partial charge in [0.2, 0.25) is 0 Å². The fourth-order valence-corrected chi connectivity index (χ4v) is 0. The molecule has 0 fully saturated rings. The van der Waals surface area contributed by atoms with Crippen molar-refractivity contribution in [3.63, 3.8) is 0 Å². The molecule has 1 heteroatoms. The third-order valence-corrected chi connectivity index (χ3v) is 0.455. The molecule has 0 aliphatic rings. The maximum atomic E-state index is 5.15. The van der Waals surface area contributed by atoms with Gasteiger partial charge in [0.05, 0.1) is 0 Å². The van der Waals surface area contributed by atoms with E-state index in [9.17, 15) is 0 Å². The highest BCUT2D eigenvalue weighted by Gasteiger charge is 1.60. The molecule has 0 rings (SSSR count). The second kappa shape index (κ2) is 2.07. The van der Waals surface area contributed by atoms with Gasteiger partial charge < -0.3 is 0 Å². The van der Waals surface area contributed by atoms with E-state index in [1.165, 1.54) is 0 Å². The first kappa shape index (κ1) is 4.80. The minimum atomic E-state index is 0.880. The van der Waals surface area contributed by atoms with Crippen LogP contribution in [-0.2, 0) is 0 Å². The first-order valence-electron chi connectivity index (χ1n) is 1.65. The predicted molar refractivity (Wildman–Crippen MR) is 25.2 cm³/mol. The topological polar surface area (TPSA) is 0 Å². The van der Waals surface area contributed by atoms with Gasteiger partial charge in [-0.3, -0.25) is 0 Å². The van der Waals surface area contributed by atoms with Crippen LogP contribution in [0.3, 0.4) is 0 Å². The summed E-state index contributed by atoms with van der Waals surface area (Å²) in [6, 6.07) is 0. The molecule has 0 bridgehead atoms. The zero-order chi connectivity index (χ0) is 4.28. The first-order valence-corrected chi connectivity index (χ1v) is 1.65. The summed E-state index contributed by atoms with van der Waals surface area (Å²) in [6.07, 6.45) is 1.86. The molecule has 0 spiro atoms. The highest BCUT2D eigenvalue weighted by molar-refractivity contribution is 6.21. The summed E-state index contributed by atoms with van der Waals surface area (Å²) in [5.41, 5.74) is 0.880. The van der Waals surface area contributed by atoms with Crippen molar-refractivity contribution < 1.29 is 0 Å². The molecule has 0 atom stereocenters. The van der Waals surface area contributed by atoms with E-state index >= 15 is 0 Å². The molecule has 0 saturated heterocycles. The molecule has 0 aromatic carbocycles. The Morgan fingerprint density at radius 1 is 1.80 bits per heavy atom. The number of rotatable bonds is 0. The monoisotopic (exact) mass is 66.1 g/mol. The molecule has 5 heavy (non-hydrogen) atoms. The molecule has 26 valence electrons. The van der Waals surface area contributed by atoms with E-state index in [0.29, 0.717) is 0 Å². The van der Waals surface area contributed by atoms with Crippen LogP contribution < -0.4 is 0 Å². The predicted octanol–water partition coefficient (Wildman–Crippen LogP) is 1.08. The lowest BCUT2D eigenvalue weighted by atomic mass is 9.98. The number of hydrogen-bond donors (Lipinski definition) is 0. The average molecular weight is 65.9 g/mol. The standard InChI is InChI=1S/C4H7B/c1-3-4(2)5/h3H,1-2H3/b4-3-. The van der Waals surface area contributed by atoms with Crippen LogP contribution in [0.4, 0.5) is 0 Å². The van der Waals surface area contributed by atoms with E-state index in [-0.39, 0.29) is 0 Å². The summed E-state index contributed by atoms with van der Waals surface area (Å²) in [5, 5.41) is 0. The van der Waals surface area contributed by atoms with Gasteiger partial charge in [-0.25, -0.2) is 0 Å². The van der Waals surface area contributed by atoms with Gasteiger partial charge in [0.1, 0.15) is 7.85 Å². The van der Waals surface area contributed by atoms with Crippen molar-refractivity contribution in [3.05, 3.63) is 11.5 Å². The van der Waals surface area contributed by atoms with Gasteiger partial charge in [-0.2, -0.15) is 0 Å². The Morgan fingerprint density at radius 3 is 2.00 bits per heavy atom. The Labute approximate surface area is 34.3 Å². The third-order valence-electron chi connectivity index (χ3n) is 0.455. The van der Waals surface area contributed by atoms with Gasteiger partial charge in [-0.05, 0) is 6.92 Å². The Hall–Kier alpha value is -0.195. The fraction of sp³-hybridized carbons (Fsp3) is 0.500. The molecule has 0 nitrogen and oxygen atoms in total. The van der Waals surface area contributed by atoms with E-state index in [4.69, 9.17) is 7.85 Å². The number of allylic oxidation sites excluding steroid dienone is 2. The normalized spacial score (nSPS) is 12.0. The zero-order valence-electron chi connectivity index (χ0n) is 3.65. The second-order valence-electron chi connectivity index (χ2n) is 1.03. The Morgan fingerprint density at radius 2 is 2.00 bits per heavy atom. The van der Waals surface area contributed by atoms with E-state index in [1.54, 1.807) is 0 Å². The maximum absolute atomic E-state index is 5.15. The van der Waals surface area contributed by atoms with Crippen LogP contribution in [0.2, 0.25) is 0 Å². The summed E-state index contributed by atoms with van der Waals surface area (Å²) in [5.74, 6) is 0. The van der Waals surface area contributed by atoms with Gasteiger partial charge in [0.25, 0.3) is 0 Å². The van der Waals surface area contributed by atoms with Crippen molar-refractivity contribution in [2.45, 2.75) is 13.8 Å². The number of hydrogen-bond acceptors (Lipinski definition) is 0. The molecule has 0 heterocycles. The lowest BCUT2D eigenvalue weighted by Gasteiger charge is -1.74. The van der Waals surface area contributed by atoms with E-state index < -0.39 is 0 Å². The van der Waals surface area contributed by atoms with Crippen molar-refractivity contribution in [2.24, 2.45) is 0 Å². The van der Waals surface area contributed by atoms with E-state index in [2.05, 4.69) is 0 Å². The maximum Gasteiger partial charge on any atom is 0.106 e. The highest BCUT2D eigenvalue weighted by Crippen LogP contribution is 1.76. The van der Waals surface area contributed by atoms with Crippen LogP contribution in [-0.4, -0.2) is 7.85 Å². The fourth-order valence-electron chi connectivity index (χ4n) is 0. The van der Waals surface area contributed by atoms with Crippen molar-refractivity contribution in [3.8, 4) is 0 Å². The minimum Gasteiger partial charge on any atom is -0.125 e. The largest absolute Gasteiger partial charge is 0.125 e. The van der Waals surface area contributed by atoms with Gasteiger partial charge >= 0.3 is 0 Å². The van der Waals surface area contributed by atoms with E-state index in [1.807, 2.05) is 19.9 Å². The van der Waals surface area contributed by atoms with Crippen molar-refractivity contribution >= 4 is 7.85 Å². The molecule has 0 aliphatic carbocycles. The zero-order valence-corrected chi connectivity index (χ0v) is 3.65. The van der Waals surface area contributed by atoms with Crippen LogP contribution in [0.25, 0.3) is 0 Å². The van der Waals surface area contributed by atoms with Crippen LogP contribution in [0, 0.1) is 0 Å². The first-order chi connectivity index (χ1) is 2.27. The van der Waals surface area contributed by atoms with Gasteiger partial charge in [0, 0.05) is 0 Å². The molecule has 0 saturated carbocycles. The summed E-state index contributed by atoms with van der Waals surface area (Å²) in [7, 11) is 5.15. The average Bonchev–Trinajstić information content (AvgIpc) is 1.38. The molecule has 0 aromatic rings. The molecule has 0 N–H and O–H groups in total. The Balaban J connectivity index is 3.14. The van der Waals surface area contributed by atoms with Crippen molar-refractivity contribution in [1.82, 2.24) is 0 Å². The highest BCUT2D eigenvalue weighted by atomic mass is 13.6. The van der Waals surface area contributed by atoms with Crippen LogP contribution in [0.15, 0.2) is 11.5 Å². The van der Waals surface area contributed by atoms with Crippen molar-refractivity contribution in [2.75, 3.05) is 0 Å². The van der Waals surface area contributed by atoms with Crippen molar-refractivity contribution in [1.29, 1.82) is 0 Å². The summed E-state index contributed by atoms with van der Waals surface area (Å²) in [6.45, 7) is 3.77. The molecular formula is C4H7B. The minimum absolute atomic E-state index is 0.880. The van der Waals surface area contributed by atoms with Gasteiger partial charge in [0.15, 0.2) is 0 Å². The molecule has 2 radical (unpaired) electrons. The lowest BCUT2D eigenvalue weighted by Crippen LogP contribution is -1.62. The van der Waals surface area contributed by atoms with Crippen LogP contribution in [0.5, 0.6) is 0 Å². The summed E-state index contributed by atoms with van der Waals surface area (Å²) >= 11 is 0. The van der Waals surface area contributed by atoms with Gasteiger partial charge in [-0.15, -0.1) is 5.47 Å². The second-order valence-corrected chi connectivity index (χ2v) is 1.03. The summed E-state index contributed by atoms with van der Waals surface area (Å²) in [4.78, 5) is 0. The molecule has 0 amide bonds. The Bertz CT molecular complexity index is 41.6.